The van der Waals surface area contributed by atoms with Crippen LogP contribution in [0.15, 0.2) is 83.1 Å². The summed E-state index contributed by atoms with van der Waals surface area (Å²) in [7, 11) is -3.35. The van der Waals surface area contributed by atoms with Crippen molar-refractivity contribution in [2.45, 2.75) is 30.5 Å². The van der Waals surface area contributed by atoms with Crippen molar-refractivity contribution in [3.8, 4) is 10.6 Å². The Labute approximate surface area is 228 Å². The van der Waals surface area contributed by atoms with E-state index >= 15 is 0 Å². The molecule has 0 saturated heterocycles. The van der Waals surface area contributed by atoms with Gasteiger partial charge in [0.05, 0.1) is 34.6 Å². The number of carbonyl (C=O) groups excluding carboxylic acids is 1. The lowest BCUT2D eigenvalue weighted by Crippen LogP contribution is -2.30. The molecule has 0 aliphatic heterocycles. The summed E-state index contributed by atoms with van der Waals surface area (Å²) in [5.74, 6) is -0.433. The van der Waals surface area contributed by atoms with Gasteiger partial charge in [0.2, 0.25) is 0 Å². The normalized spacial score (nSPS) is 12.7. The number of aromatic nitrogens is 1. The number of sulfone groups is 1. The number of hydrogen-bond donors (Lipinski definition) is 2. The molecule has 4 rings (SSSR count). The first-order chi connectivity index (χ1) is 18.5. The summed E-state index contributed by atoms with van der Waals surface area (Å²) >= 11 is 1.39. The summed E-state index contributed by atoms with van der Waals surface area (Å²) in [5.41, 5.74) is 2.46. The molecule has 1 heterocycles. The maximum Gasteiger partial charge on any atom is 0.416 e. The molecule has 0 radical (unpaired) electrons. The minimum absolute atomic E-state index is 0.0238. The molecule has 0 spiro atoms. The molecule has 0 fully saturated rings. The average Bonchev–Trinajstić information content (AvgIpc) is 3.40. The van der Waals surface area contributed by atoms with Crippen LogP contribution in [-0.2, 0) is 22.4 Å². The number of amides is 1. The van der Waals surface area contributed by atoms with Gasteiger partial charge < -0.3 is 10.4 Å². The first-order valence-corrected chi connectivity index (χ1v) is 14.5. The fraction of sp³-hybridized carbons (Fsp3) is 0.214. The van der Waals surface area contributed by atoms with Crippen LogP contribution < -0.4 is 5.32 Å². The molecule has 1 atom stereocenters. The van der Waals surface area contributed by atoms with Crippen molar-refractivity contribution in [3.63, 3.8) is 0 Å². The van der Waals surface area contributed by atoms with Gasteiger partial charge in [-0.25, -0.2) is 13.4 Å². The van der Waals surface area contributed by atoms with Crippen LogP contribution in [0, 0.1) is 0 Å². The first-order valence-electron chi connectivity index (χ1n) is 12.0. The van der Waals surface area contributed by atoms with Gasteiger partial charge in [0.15, 0.2) is 9.84 Å². The van der Waals surface area contributed by atoms with E-state index in [0.717, 1.165) is 23.4 Å². The lowest BCUT2D eigenvalue weighted by atomic mass is 10.1. The van der Waals surface area contributed by atoms with Gasteiger partial charge >= 0.3 is 6.18 Å². The molecule has 11 heteroatoms. The van der Waals surface area contributed by atoms with Crippen LogP contribution in [0.1, 0.15) is 45.7 Å². The van der Waals surface area contributed by atoms with Gasteiger partial charge in [0.1, 0.15) is 5.01 Å². The Morgan fingerprint density at radius 3 is 2.21 bits per heavy atom. The number of alkyl halides is 3. The zero-order valence-corrected chi connectivity index (χ0v) is 22.4. The highest BCUT2D eigenvalue weighted by atomic mass is 32.2. The standard InChI is InChI=1S/C28H25F3N2O4S2/c1-2-39(36,37)24-13-9-19(10-14-24)25(16-34)33-26(35)20-5-7-21(8-6-20)27-32-23(17-38-27)15-18-3-11-22(12-4-18)28(29,30)31/h3-14,17,25,34H,2,15-16H2,1H3,(H,33,35)/t25-/m0/s1. The van der Waals surface area contributed by atoms with Crippen LogP contribution in [0.4, 0.5) is 13.2 Å². The number of halogens is 3. The maximum absolute atomic E-state index is 12.8. The van der Waals surface area contributed by atoms with E-state index in [2.05, 4.69) is 10.3 Å². The fourth-order valence-electron chi connectivity index (χ4n) is 3.86. The number of carbonyl (C=O) groups is 1. The Morgan fingerprint density at radius 2 is 1.64 bits per heavy atom. The molecule has 204 valence electrons. The number of thiazole rings is 1. The van der Waals surface area contributed by atoms with E-state index in [-0.39, 0.29) is 17.3 Å². The highest BCUT2D eigenvalue weighted by Crippen LogP contribution is 2.30. The molecule has 3 aromatic carbocycles. The number of benzene rings is 3. The molecule has 0 aliphatic carbocycles. The molecule has 2 N–H and O–H groups in total. The van der Waals surface area contributed by atoms with Gasteiger partial charge in [-0.1, -0.05) is 43.3 Å². The molecular weight excluding hydrogens is 549 g/mol. The molecule has 1 amide bonds. The van der Waals surface area contributed by atoms with E-state index in [1.807, 2.05) is 5.38 Å². The van der Waals surface area contributed by atoms with Crippen molar-refractivity contribution in [2.75, 3.05) is 12.4 Å². The Hall–Kier alpha value is -3.54. The number of aliphatic hydroxyl groups is 1. The quantitative estimate of drug-likeness (QED) is 0.268. The third kappa shape index (κ3) is 6.92. The van der Waals surface area contributed by atoms with E-state index in [1.54, 1.807) is 43.3 Å². The predicted molar refractivity (Wildman–Crippen MR) is 143 cm³/mol. The molecule has 0 aliphatic rings. The summed E-state index contributed by atoms with van der Waals surface area (Å²) in [4.78, 5) is 17.6. The summed E-state index contributed by atoms with van der Waals surface area (Å²) < 4.78 is 62.3. The molecule has 6 nitrogen and oxygen atoms in total. The maximum atomic E-state index is 12.8. The van der Waals surface area contributed by atoms with Crippen LogP contribution >= 0.6 is 11.3 Å². The van der Waals surface area contributed by atoms with Crippen LogP contribution in [0.5, 0.6) is 0 Å². The van der Waals surface area contributed by atoms with Gasteiger partial charge in [-0.15, -0.1) is 11.3 Å². The third-order valence-electron chi connectivity index (χ3n) is 6.12. The summed E-state index contributed by atoms with van der Waals surface area (Å²) in [5, 5.41) is 15.1. The Balaban J connectivity index is 1.40. The summed E-state index contributed by atoms with van der Waals surface area (Å²) in [6.07, 6.45) is -3.98. The van der Waals surface area contributed by atoms with Crippen LogP contribution in [0.25, 0.3) is 10.6 Å². The predicted octanol–water partition coefficient (Wildman–Crippen LogP) is 5.68. The zero-order chi connectivity index (χ0) is 28.2. The van der Waals surface area contributed by atoms with Crippen LogP contribution in [0.2, 0.25) is 0 Å². The van der Waals surface area contributed by atoms with Crippen molar-refractivity contribution in [3.05, 3.63) is 106 Å². The molecule has 0 saturated carbocycles. The SMILES string of the molecule is CCS(=O)(=O)c1ccc([C@H](CO)NC(=O)c2ccc(-c3nc(Cc4ccc(C(F)(F)F)cc4)cs3)cc2)cc1. The second-order valence-corrected chi connectivity index (χ2v) is 11.9. The Bertz CT molecular complexity index is 1530. The molecular formula is C28H25F3N2O4S2. The van der Waals surface area contributed by atoms with E-state index in [9.17, 15) is 31.5 Å². The van der Waals surface area contributed by atoms with Gasteiger partial charge in [-0.3, -0.25) is 4.79 Å². The number of nitrogens with zero attached hydrogens (tertiary/aromatic N) is 1. The lowest BCUT2D eigenvalue weighted by molar-refractivity contribution is -0.137. The third-order valence-corrected chi connectivity index (χ3v) is 8.81. The fourth-order valence-corrected chi connectivity index (χ4v) is 5.57. The van der Waals surface area contributed by atoms with Crippen molar-refractivity contribution >= 4 is 27.1 Å². The zero-order valence-electron chi connectivity index (χ0n) is 20.8. The van der Waals surface area contributed by atoms with E-state index < -0.39 is 33.5 Å². The number of nitrogens with one attached hydrogen (secondary N) is 1. The van der Waals surface area contributed by atoms with E-state index in [1.165, 1.54) is 35.6 Å². The summed E-state index contributed by atoms with van der Waals surface area (Å²) in [6, 6.07) is 17.1. The van der Waals surface area contributed by atoms with Gasteiger partial charge in [0.25, 0.3) is 5.91 Å². The van der Waals surface area contributed by atoms with Crippen LogP contribution in [-0.4, -0.2) is 36.8 Å². The lowest BCUT2D eigenvalue weighted by Gasteiger charge is -2.17. The summed E-state index contributed by atoms with van der Waals surface area (Å²) in [6.45, 7) is 1.19. The second kappa shape index (κ2) is 11.7. The van der Waals surface area contributed by atoms with Gasteiger partial charge in [0, 0.05) is 22.9 Å². The Morgan fingerprint density at radius 1 is 1.00 bits per heavy atom. The average molecular weight is 575 g/mol. The van der Waals surface area contributed by atoms with E-state index in [4.69, 9.17) is 0 Å². The highest BCUT2D eigenvalue weighted by molar-refractivity contribution is 7.91. The van der Waals surface area contributed by atoms with Gasteiger partial charge in [-0.2, -0.15) is 13.2 Å². The minimum atomic E-state index is -4.38. The smallest absolute Gasteiger partial charge is 0.394 e. The number of aliphatic hydroxyl groups excluding tert-OH is 1. The molecule has 1 aromatic heterocycles. The second-order valence-electron chi connectivity index (χ2n) is 8.77. The molecule has 0 unspecified atom stereocenters. The monoisotopic (exact) mass is 574 g/mol. The van der Waals surface area contributed by atoms with Crippen molar-refractivity contribution in [1.29, 1.82) is 0 Å². The number of hydrogen-bond acceptors (Lipinski definition) is 6. The highest BCUT2D eigenvalue weighted by Gasteiger charge is 2.30. The minimum Gasteiger partial charge on any atom is -0.394 e. The van der Waals surface area contributed by atoms with Crippen molar-refractivity contribution in [2.24, 2.45) is 0 Å². The van der Waals surface area contributed by atoms with Gasteiger partial charge in [-0.05, 0) is 47.5 Å². The van der Waals surface area contributed by atoms with Crippen molar-refractivity contribution in [1.82, 2.24) is 10.3 Å². The van der Waals surface area contributed by atoms with Crippen molar-refractivity contribution < 1.29 is 31.5 Å². The van der Waals surface area contributed by atoms with E-state index in [0.29, 0.717) is 28.1 Å². The number of rotatable bonds is 9. The topological polar surface area (TPSA) is 96.4 Å². The largest absolute Gasteiger partial charge is 0.416 e. The molecule has 0 bridgehead atoms. The molecule has 39 heavy (non-hydrogen) atoms. The molecule has 4 aromatic rings. The first kappa shape index (κ1) is 28.5. The Kier molecular flexibility index (Phi) is 8.53. The van der Waals surface area contributed by atoms with Crippen LogP contribution in [0.3, 0.4) is 0 Å².